The van der Waals surface area contributed by atoms with Gasteiger partial charge in [-0.25, -0.2) is 4.79 Å². The third-order valence-corrected chi connectivity index (χ3v) is 6.67. The Balaban J connectivity index is 0.00000336. The van der Waals surface area contributed by atoms with Crippen LogP contribution in [0.3, 0.4) is 0 Å². The maximum atomic E-state index is 12.6. The molecule has 0 radical (unpaired) electrons. The van der Waals surface area contributed by atoms with Crippen molar-refractivity contribution in [2.24, 2.45) is 0 Å². The number of carboxylic acids is 1. The van der Waals surface area contributed by atoms with Crippen molar-refractivity contribution >= 4 is 64.8 Å². The van der Waals surface area contributed by atoms with Crippen LogP contribution < -0.4 is 9.80 Å². The summed E-state index contributed by atoms with van der Waals surface area (Å²) < 4.78 is 0. The molecule has 0 aliphatic carbocycles. The zero-order chi connectivity index (χ0) is 25.8. The predicted octanol–water partition coefficient (Wildman–Crippen LogP) is 7.87. The van der Waals surface area contributed by atoms with E-state index in [9.17, 15) is 15.0 Å². The van der Waals surface area contributed by atoms with Gasteiger partial charge in [-0.15, -0.1) is 24.0 Å². The number of anilines is 4. The van der Waals surface area contributed by atoms with E-state index in [2.05, 4.69) is 4.90 Å². The number of hydrogen-bond donors (Lipinski definition) is 2. The highest BCUT2D eigenvalue weighted by Crippen LogP contribution is 2.39. The van der Waals surface area contributed by atoms with Crippen LogP contribution in [0.15, 0.2) is 115 Å². The summed E-state index contributed by atoms with van der Waals surface area (Å²) in [7, 11) is 0. The van der Waals surface area contributed by atoms with Crippen molar-refractivity contribution in [2.45, 2.75) is 12.5 Å². The first-order chi connectivity index (χ1) is 18.0. The third kappa shape index (κ3) is 5.04. The second-order valence-electron chi connectivity index (χ2n) is 8.85. The van der Waals surface area contributed by atoms with Crippen LogP contribution in [0.1, 0.15) is 18.1 Å². The number of carbonyl (C=O) groups is 1. The molecule has 4 aromatic carbocycles. The molecule has 38 heavy (non-hydrogen) atoms. The minimum absolute atomic E-state index is 0. The normalized spacial score (nSPS) is 16.1. The molecule has 5 nitrogen and oxygen atoms in total. The lowest BCUT2D eigenvalue weighted by Crippen LogP contribution is -2.53. The quantitative estimate of drug-likeness (QED) is 0.207. The van der Waals surface area contributed by atoms with Gasteiger partial charge < -0.3 is 20.0 Å². The van der Waals surface area contributed by atoms with Crippen LogP contribution in [0.25, 0.3) is 12.2 Å². The molecule has 0 spiro atoms. The molecule has 1 aliphatic heterocycles. The van der Waals surface area contributed by atoms with Crippen LogP contribution in [-0.4, -0.2) is 28.3 Å². The Morgan fingerprint density at radius 3 is 2.05 bits per heavy atom. The highest BCUT2D eigenvalue weighted by atomic mass is 127. The zero-order valence-electron chi connectivity index (χ0n) is 20.9. The van der Waals surface area contributed by atoms with Gasteiger partial charge in [0.05, 0.1) is 0 Å². The van der Waals surface area contributed by atoms with Gasteiger partial charge in [0.2, 0.25) is 0 Å². The topological polar surface area (TPSA) is 64.0 Å². The first-order valence-corrected chi connectivity index (χ1v) is 12.3. The minimum atomic E-state index is -1.37. The first-order valence-electron chi connectivity index (χ1n) is 12.3. The summed E-state index contributed by atoms with van der Waals surface area (Å²) in [5.41, 5.74) is 3.73. The first kappa shape index (κ1) is 27.0. The Morgan fingerprint density at radius 1 is 0.868 bits per heavy atom. The lowest BCUT2D eigenvalue weighted by molar-refractivity contribution is -0.139. The fourth-order valence-corrected chi connectivity index (χ4v) is 4.85. The lowest BCUT2D eigenvalue weighted by Gasteiger charge is -2.41. The van der Waals surface area contributed by atoms with E-state index in [0.717, 1.165) is 28.3 Å². The average molecular weight is 616 g/mol. The summed E-state index contributed by atoms with van der Waals surface area (Å²) in [6.45, 7) is 2.45. The van der Waals surface area contributed by atoms with Crippen LogP contribution in [0.2, 0.25) is 0 Å². The van der Waals surface area contributed by atoms with Crippen molar-refractivity contribution in [1.82, 2.24) is 0 Å². The fraction of sp³-hybridized carbons (Fsp3) is 0.0938. The van der Waals surface area contributed by atoms with Crippen molar-refractivity contribution in [2.75, 3.05) is 16.3 Å². The number of aliphatic carboxylic acids is 1. The largest absolute Gasteiger partial charge is 0.507 e. The van der Waals surface area contributed by atoms with Crippen molar-refractivity contribution in [3.63, 3.8) is 0 Å². The Bertz CT molecular complexity index is 1430. The van der Waals surface area contributed by atoms with Gasteiger partial charge >= 0.3 is 5.97 Å². The number of para-hydroxylation sites is 3. The number of phenols is 1. The van der Waals surface area contributed by atoms with Gasteiger partial charge in [-0.2, -0.15) is 0 Å². The molecule has 1 unspecified atom stereocenters. The molecule has 4 aromatic rings. The summed E-state index contributed by atoms with van der Waals surface area (Å²) in [6.07, 6.45) is 6.88. The van der Waals surface area contributed by atoms with Crippen LogP contribution in [0.5, 0.6) is 5.75 Å². The maximum absolute atomic E-state index is 12.6. The smallest absolute Gasteiger partial charge is 0.337 e. The average Bonchev–Trinajstić information content (AvgIpc) is 2.93. The van der Waals surface area contributed by atoms with Gasteiger partial charge in [-0.3, -0.25) is 0 Å². The number of hydrogen-bond acceptors (Lipinski definition) is 4. The van der Waals surface area contributed by atoms with E-state index in [1.54, 1.807) is 24.3 Å². The van der Waals surface area contributed by atoms with E-state index < -0.39 is 11.5 Å². The van der Waals surface area contributed by atoms with Crippen molar-refractivity contribution in [1.29, 1.82) is 0 Å². The van der Waals surface area contributed by atoms with Gasteiger partial charge in [0.1, 0.15) is 5.75 Å². The monoisotopic (exact) mass is 616 g/mol. The highest BCUT2D eigenvalue weighted by Gasteiger charge is 2.42. The molecule has 0 bridgehead atoms. The van der Waals surface area contributed by atoms with Crippen LogP contribution in [-0.2, 0) is 4.79 Å². The number of benzene rings is 4. The molecule has 1 heterocycles. The third-order valence-electron chi connectivity index (χ3n) is 6.67. The Morgan fingerprint density at radius 2 is 1.47 bits per heavy atom. The standard InChI is InChI=1S/C32H28N2O3.HI/c1-2-33-29-16-10-9-11-24(29)19-21-32(33,31(36)37)22-20-25-17-18-28(23-30(25)35)34(26-12-5-3-6-13-26)27-14-7-4-8-15-27;/h3-23,35H,2H2,1H3,(H,36,37);1H. The van der Waals surface area contributed by atoms with E-state index in [4.69, 9.17) is 0 Å². The fourth-order valence-electron chi connectivity index (χ4n) is 4.85. The molecule has 192 valence electrons. The van der Waals surface area contributed by atoms with Crippen molar-refractivity contribution in [3.05, 3.63) is 126 Å². The summed E-state index contributed by atoms with van der Waals surface area (Å²) in [6, 6.07) is 33.1. The number of likely N-dealkylation sites (N-methyl/N-ethyl adjacent to an activating group) is 1. The van der Waals surface area contributed by atoms with Gasteiger partial charge in [-0.1, -0.05) is 66.7 Å². The van der Waals surface area contributed by atoms with Gasteiger partial charge in [0, 0.05) is 40.9 Å². The number of fused-ring (bicyclic) bond motifs is 1. The number of rotatable bonds is 7. The van der Waals surface area contributed by atoms with Crippen LogP contribution >= 0.6 is 24.0 Å². The molecule has 0 aromatic heterocycles. The van der Waals surface area contributed by atoms with Gasteiger partial charge in [0.25, 0.3) is 0 Å². The second-order valence-corrected chi connectivity index (χ2v) is 8.85. The van der Waals surface area contributed by atoms with Gasteiger partial charge in [-0.05, 0) is 67.1 Å². The van der Waals surface area contributed by atoms with Crippen LogP contribution in [0.4, 0.5) is 22.7 Å². The van der Waals surface area contributed by atoms with E-state index in [-0.39, 0.29) is 29.7 Å². The van der Waals surface area contributed by atoms with Gasteiger partial charge in [0.15, 0.2) is 5.54 Å². The summed E-state index contributed by atoms with van der Waals surface area (Å²) in [5, 5.41) is 21.3. The molecule has 5 rings (SSSR count). The number of carboxylic acid groups (broad SMARTS) is 1. The van der Waals surface area contributed by atoms with Crippen LogP contribution in [0, 0.1) is 0 Å². The maximum Gasteiger partial charge on any atom is 0.337 e. The number of aromatic hydroxyl groups is 1. The predicted molar refractivity (Wildman–Crippen MR) is 166 cm³/mol. The lowest BCUT2D eigenvalue weighted by atomic mass is 9.88. The Kier molecular flexibility index (Phi) is 8.22. The zero-order valence-corrected chi connectivity index (χ0v) is 23.3. The highest BCUT2D eigenvalue weighted by molar-refractivity contribution is 14.0. The van der Waals surface area contributed by atoms with E-state index in [1.807, 2.05) is 115 Å². The summed E-state index contributed by atoms with van der Waals surface area (Å²) in [5.74, 6) is -0.916. The van der Waals surface area contributed by atoms with E-state index in [0.29, 0.717) is 12.1 Å². The summed E-state index contributed by atoms with van der Waals surface area (Å²) >= 11 is 0. The second kappa shape index (κ2) is 11.6. The molecule has 1 aliphatic rings. The number of halogens is 1. The Hall–Kier alpha value is -4.04. The SMILES string of the molecule is CCN1c2ccccc2C=CC1(C=Cc1ccc(N(c2ccccc2)c2ccccc2)cc1O)C(=O)O.I. The molecule has 0 saturated heterocycles. The van der Waals surface area contributed by atoms with Crippen molar-refractivity contribution < 1.29 is 15.0 Å². The summed E-state index contributed by atoms with van der Waals surface area (Å²) in [4.78, 5) is 16.5. The van der Waals surface area contributed by atoms with E-state index in [1.165, 1.54) is 0 Å². The number of nitrogens with zero attached hydrogens (tertiary/aromatic N) is 2. The van der Waals surface area contributed by atoms with Crippen molar-refractivity contribution in [3.8, 4) is 5.75 Å². The number of phenolic OH excluding ortho intramolecular Hbond substituents is 1. The molecular weight excluding hydrogens is 587 g/mol. The minimum Gasteiger partial charge on any atom is -0.507 e. The molecule has 0 fully saturated rings. The molecule has 6 heteroatoms. The molecule has 1 atom stereocenters. The Labute approximate surface area is 240 Å². The molecular formula is C32H29IN2O3. The molecule has 2 N–H and O–H groups in total. The molecule has 0 saturated carbocycles. The van der Waals surface area contributed by atoms with E-state index >= 15 is 0 Å². The molecule has 0 amide bonds.